The SMILES string of the molecule is Fc1ccc2c(C=Cc3ccccn3)c[nH]c2c1. The third-order valence-corrected chi connectivity index (χ3v) is 2.80. The first-order valence-electron chi connectivity index (χ1n) is 5.69. The van der Waals surface area contributed by atoms with Crippen molar-refractivity contribution in [1.82, 2.24) is 9.97 Å². The van der Waals surface area contributed by atoms with Crippen LogP contribution >= 0.6 is 0 Å². The number of nitrogens with zero attached hydrogens (tertiary/aromatic N) is 1. The standard InChI is InChI=1S/C15H11FN2/c16-12-5-7-14-11(10-18-15(14)9-12)4-6-13-3-1-2-8-17-13/h1-10,18H. The number of pyridine rings is 1. The predicted octanol–water partition coefficient (Wildman–Crippen LogP) is 3.87. The van der Waals surface area contributed by atoms with Gasteiger partial charge in [-0.1, -0.05) is 12.1 Å². The van der Waals surface area contributed by atoms with Crippen molar-refractivity contribution in [3.63, 3.8) is 0 Å². The van der Waals surface area contributed by atoms with Gasteiger partial charge in [0.25, 0.3) is 0 Å². The van der Waals surface area contributed by atoms with Crippen LogP contribution in [-0.4, -0.2) is 9.97 Å². The minimum atomic E-state index is -0.232. The number of aromatic amines is 1. The van der Waals surface area contributed by atoms with E-state index >= 15 is 0 Å². The van der Waals surface area contributed by atoms with E-state index in [0.29, 0.717) is 0 Å². The molecular weight excluding hydrogens is 227 g/mol. The van der Waals surface area contributed by atoms with E-state index in [1.54, 1.807) is 12.3 Å². The fourth-order valence-corrected chi connectivity index (χ4v) is 1.91. The fraction of sp³-hybridized carbons (Fsp3) is 0. The lowest BCUT2D eigenvalue weighted by atomic mass is 10.1. The van der Waals surface area contributed by atoms with Gasteiger partial charge in [-0.05, 0) is 42.0 Å². The number of hydrogen-bond donors (Lipinski definition) is 1. The zero-order valence-electron chi connectivity index (χ0n) is 9.60. The molecule has 0 atom stereocenters. The molecule has 1 aromatic carbocycles. The van der Waals surface area contributed by atoms with Crippen LogP contribution < -0.4 is 0 Å². The Hall–Kier alpha value is -2.42. The van der Waals surface area contributed by atoms with Gasteiger partial charge >= 0.3 is 0 Å². The van der Waals surface area contributed by atoms with Crippen molar-refractivity contribution in [2.75, 3.05) is 0 Å². The van der Waals surface area contributed by atoms with Crippen molar-refractivity contribution in [1.29, 1.82) is 0 Å². The van der Waals surface area contributed by atoms with Gasteiger partial charge in [-0.25, -0.2) is 4.39 Å². The highest BCUT2D eigenvalue weighted by Crippen LogP contribution is 2.20. The number of aromatic nitrogens is 2. The van der Waals surface area contributed by atoms with Crippen LogP contribution in [-0.2, 0) is 0 Å². The Morgan fingerprint density at radius 1 is 1.11 bits per heavy atom. The fourth-order valence-electron chi connectivity index (χ4n) is 1.91. The van der Waals surface area contributed by atoms with Gasteiger partial charge in [0.15, 0.2) is 0 Å². The average Bonchev–Trinajstić information content (AvgIpc) is 2.80. The summed E-state index contributed by atoms with van der Waals surface area (Å²) in [6.45, 7) is 0. The molecule has 0 spiro atoms. The maximum Gasteiger partial charge on any atom is 0.125 e. The van der Waals surface area contributed by atoms with Gasteiger partial charge in [0, 0.05) is 23.3 Å². The first kappa shape index (κ1) is 10.7. The van der Waals surface area contributed by atoms with E-state index in [1.165, 1.54) is 12.1 Å². The van der Waals surface area contributed by atoms with Gasteiger partial charge in [-0.3, -0.25) is 4.98 Å². The lowest BCUT2D eigenvalue weighted by Gasteiger charge is -1.93. The Kier molecular flexibility index (Phi) is 2.65. The monoisotopic (exact) mass is 238 g/mol. The summed E-state index contributed by atoms with van der Waals surface area (Å²) in [7, 11) is 0. The molecule has 2 aromatic heterocycles. The first-order chi connectivity index (χ1) is 8.83. The Balaban J connectivity index is 1.98. The average molecular weight is 238 g/mol. The van der Waals surface area contributed by atoms with Crippen molar-refractivity contribution in [3.05, 3.63) is 65.9 Å². The predicted molar refractivity (Wildman–Crippen MR) is 71.4 cm³/mol. The molecule has 3 aromatic rings. The number of halogens is 1. The second-order valence-corrected chi connectivity index (χ2v) is 4.02. The summed E-state index contributed by atoms with van der Waals surface area (Å²) in [4.78, 5) is 7.27. The topological polar surface area (TPSA) is 28.7 Å². The highest BCUT2D eigenvalue weighted by Gasteiger charge is 2.01. The van der Waals surface area contributed by atoms with Crippen molar-refractivity contribution < 1.29 is 4.39 Å². The van der Waals surface area contributed by atoms with Crippen LogP contribution in [0.4, 0.5) is 4.39 Å². The molecule has 3 rings (SSSR count). The first-order valence-corrected chi connectivity index (χ1v) is 5.69. The van der Waals surface area contributed by atoms with Gasteiger partial charge in [0.1, 0.15) is 5.82 Å². The molecule has 0 fully saturated rings. The second kappa shape index (κ2) is 4.45. The Morgan fingerprint density at radius 3 is 2.89 bits per heavy atom. The van der Waals surface area contributed by atoms with Crippen LogP contribution in [0.5, 0.6) is 0 Å². The molecule has 0 bridgehead atoms. The highest BCUT2D eigenvalue weighted by molar-refractivity contribution is 5.91. The van der Waals surface area contributed by atoms with E-state index in [4.69, 9.17) is 0 Å². The zero-order chi connectivity index (χ0) is 12.4. The number of rotatable bonds is 2. The maximum atomic E-state index is 13.0. The third-order valence-electron chi connectivity index (χ3n) is 2.80. The number of hydrogen-bond acceptors (Lipinski definition) is 1. The zero-order valence-corrected chi connectivity index (χ0v) is 9.60. The number of fused-ring (bicyclic) bond motifs is 1. The lowest BCUT2D eigenvalue weighted by Crippen LogP contribution is -1.76. The molecular formula is C15H11FN2. The van der Waals surface area contributed by atoms with Gasteiger partial charge in [0.2, 0.25) is 0 Å². The molecule has 18 heavy (non-hydrogen) atoms. The van der Waals surface area contributed by atoms with Gasteiger partial charge in [-0.15, -0.1) is 0 Å². The minimum absolute atomic E-state index is 0.232. The molecule has 0 radical (unpaired) electrons. The Bertz CT molecular complexity index is 699. The maximum absolute atomic E-state index is 13.0. The molecule has 0 aliphatic rings. The molecule has 1 N–H and O–H groups in total. The summed E-state index contributed by atoms with van der Waals surface area (Å²) in [6, 6.07) is 10.5. The van der Waals surface area contributed by atoms with Crippen molar-refractivity contribution in [2.24, 2.45) is 0 Å². The van der Waals surface area contributed by atoms with E-state index in [1.807, 2.05) is 36.5 Å². The summed E-state index contributed by atoms with van der Waals surface area (Å²) >= 11 is 0. The van der Waals surface area contributed by atoms with Crippen LogP contribution in [0, 0.1) is 5.82 Å². The molecule has 0 unspecified atom stereocenters. The quantitative estimate of drug-likeness (QED) is 0.721. The van der Waals surface area contributed by atoms with Gasteiger partial charge in [-0.2, -0.15) is 0 Å². The molecule has 0 saturated carbocycles. The van der Waals surface area contributed by atoms with E-state index in [0.717, 1.165) is 22.2 Å². The van der Waals surface area contributed by atoms with Crippen LogP contribution in [0.15, 0.2) is 48.8 Å². The van der Waals surface area contributed by atoms with Crippen molar-refractivity contribution >= 4 is 23.1 Å². The second-order valence-electron chi connectivity index (χ2n) is 4.02. The van der Waals surface area contributed by atoms with E-state index in [-0.39, 0.29) is 5.82 Å². The summed E-state index contributed by atoms with van der Waals surface area (Å²) in [6.07, 6.45) is 7.53. The summed E-state index contributed by atoms with van der Waals surface area (Å²) in [5, 5.41) is 1.00. The van der Waals surface area contributed by atoms with Gasteiger partial charge < -0.3 is 4.98 Å². The van der Waals surface area contributed by atoms with E-state index in [2.05, 4.69) is 9.97 Å². The minimum Gasteiger partial charge on any atom is -0.360 e. The van der Waals surface area contributed by atoms with Gasteiger partial charge in [0.05, 0.1) is 5.69 Å². The van der Waals surface area contributed by atoms with Crippen LogP contribution in [0.1, 0.15) is 11.3 Å². The van der Waals surface area contributed by atoms with Crippen molar-refractivity contribution in [3.8, 4) is 0 Å². The summed E-state index contributed by atoms with van der Waals surface area (Å²) < 4.78 is 13.0. The molecule has 2 heterocycles. The van der Waals surface area contributed by atoms with E-state index in [9.17, 15) is 4.39 Å². The number of nitrogens with one attached hydrogen (secondary N) is 1. The molecule has 3 heteroatoms. The Morgan fingerprint density at radius 2 is 2.06 bits per heavy atom. The normalized spacial score (nSPS) is 11.4. The summed E-state index contributed by atoms with van der Waals surface area (Å²) in [5.74, 6) is -0.232. The largest absolute Gasteiger partial charge is 0.360 e. The molecule has 0 aliphatic carbocycles. The third kappa shape index (κ3) is 2.02. The van der Waals surface area contributed by atoms with Crippen LogP contribution in [0.3, 0.4) is 0 Å². The molecule has 0 amide bonds. The van der Waals surface area contributed by atoms with E-state index < -0.39 is 0 Å². The number of benzene rings is 1. The molecule has 0 aliphatic heterocycles. The van der Waals surface area contributed by atoms with Crippen LogP contribution in [0.2, 0.25) is 0 Å². The lowest BCUT2D eigenvalue weighted by molar-refractivity contribution is 0.629. The molecule has 0 saturated heterocycles. The van der Waals surface area contributed by atoms with Crippen molar-refractivity contribution in [2.45, 2.75) is 0 Å². The molecule has 2 nitrogen and oxygen atoms in total. The molecule has 88 valence electrons. The summed E-state index contributed by atoms with van der Waals surface area (Å²) in [5.41, 5.74) is 2.72. The Labute approximate surface area is 104 Å². The smallest absolute Gasteiger partial charge is 0.125 e. The van der Waals surface area contributed by atoms with Crippen LogP contribution in [0.25, 0.3) is 23.1 Å². The number of H-pyrrole nitrogens is 1. The highest BCUT2D eigenvalue weighted by atomic mass is 19.1.